The minimum Gasteiger partial charge on any atom is -0.445 e. The summed E-state index contributed by atoms with van der Waals surface area (Å²) in [5, 5.41) is 0. The standard InChI is InChI=1S/C6H2BBrF5/c8-6-4(9)1-3(2-5(6)10)7(11,12)13/h1-2H/q-1. The molecule has 0 spiro atoms. The van der Waals surface area contributed by atoms with E-state index in [1.165, 1.54) is 0 Å². The fourth-order valence-corrected chi connectivity index (χ4v) is 0.993. The molecule has 0 N–H and O–H groups in total. The third kappa shape index (κ3) is 2.21. The highest BCUT2D eigenvalue weighted by atomic mass is 79.9. The first-order valence-corrected chi connectivity index (χ1v) is 3.96. The van der Waals surface area contributed by atoms with Gasteiger partial charge in [0, 0.05) is 0 Å². The van der Waals surface area contributed by atoms with Crippen LogP contribution in [0.4, 0.5) is 21.7 Å². The molecule has 72 valence electrons. The molecule has 0 atom stereocenters. The van der Waals surface area contributed by atoms with Gasteiger partial charge in [0.2, 0.25) is 0 Å². The minimum absolute atomic E-state index is 0.257. The van der Waals surface area contributed by atoms with Crippen LogP contribution in [0.5, 0.6) is 0 Å². The van der Waals surface area contributed by atoms with Crippen molar-refractivity contribution in [2.75, 3.05) is 0 Å². The second-order valence-corrected chi connectivity index (χ2v) is 3.17. The predicted molar refractivity (Wildman–Crippen MR) is 42.8 cm³/mol. The van der Waals surface area contributed by atoms with Crippen LogP contribution in [0.2, 0.25) is 0 Å². The molecule has 0 fully saturated rings. The quantitative estimate of drug-likeness (QED) is 0.413. The Balaban J connectivity index is 3.29. The number of rotatable bonds is 1. The Labute approximate surface area is 78.9 Å². The summed E-state index contributed by atoms with van der Waals surface area (Å²) in [4.78, 5) is 0. The van der Waals surface area contributed by atoms with Crippen molar-refractivity contribution in [2.24, 2.45) is 0 Å². The van der Waals surface area contributed by atoms with E-state index in [0.29, 0.717) is 0 Å². The van der Waals surface area contributed by atoms with E-state index >= 15 is 0 Å². The smallest absolute Gasteiger partial charge is 0.445 e. The maximum atomic E-state index is 12.6. The molecule has 0 radical (unpaired) electrons. The van der Waals surface area contributed by atoms with Crippen molar-refractivity contribution in [1.29, 1.82) is 0 Å². The average molecular weight is 260 g/mol. The van der Waals surface area contributed by atoms with Crippen LogP contribution in [0.3, 0.4) is 0 Å². The number of hydrogen-bond donors (Lipinski definition) is 0. The number of hydrogen-bond acceptors (Lipinski definition) is 0. The molecule has 1 aromatic carbocycles. The lowest BCUT2D eigenvalue weighted by Crippen LogP contribution is -2.34. The van der Waals surface area contributed by atoms with Crippen LogP contribution < -0.4 is 5.46 Å². The maximum absolute atomic E-state index is 12.6. The zero-order valence-corrected chi connectivity index (χ0v) is 7.59. The van der Waals surface area contributed by atoms with Gasteiger partial charge in [-0.25, -0.2) is 8.78 Å². The van der Waals surface area contributed by atoms with Crippen LogP contribution in [0.1, 0.15) is 0 Å². The fourth-order valence-electron chi connectivity index (χ4n) is 0.764. The van der Waals surface area contributed by atoms with Crippen LogP contribution in [0.15, 0.2) is 16.6 Å². The molecular weight excluding hydrogens is 258 g/mol. The van der Waals surface area contributed by atoms with Crippen LogP contribution in [-0.2, 0) is 0 Å². The molecular formula is C6H2BBrF5-. The molecule has 0 aliphatic heterocycles. The summed E-state index contributed by atoms with van der Waals surface area (Å²) in [6, 6.07) is 0.514. The topological polar surface area (TPSA) is 0 Å². The van der Waals surface area contributed by atoms with E-state index in [1.807, 2.05) is 0 Å². The average Bonchev–Trinajstić information content (AvgIpc) is 1.97. The normalized spacial score (nSPS) is 11.8. The third-order valence-electron chi connectivity index (χ3n) is 1.38. The molecule has 0 bridgehead atoms. The molecule has 1 aromatic rings. The summed E-state index contributed by atoms with van der Waals surface area (Å²) < 4.78 is 60.6. The van der Waals surface area contributed by atoms with Crippen molar-refractivity contribution in [1.82, 2.24) is 0 Å². The second kappa shape index (κ2) is 3.28. The summed E-state index contributed by atoms with van der Waals surface area (Å²) in [7, 11) is 0. The fraction of sp³-hybridized carbons (Fsp3) is 0. The van der Waals surface area contributed by atoms with Crippen LogP contribution in [0.25, 0.3) is 0 Å². The molecule has 0 aromatic heterocycles. The van der Waals surface area contributed by atoms with Gasteiger partial charge in [-0.3, -0.25) is 0 Å². The number of benzene rings is 1. The molecule has 0 unspecified atom stereocenters. The van der Waals surface area contributed by atoms with E-state index in [9.17, 15) is 21.7 Å². The Hall–Kier alpha value is -0.585. The monoisotopic (exact) mass is 259 g/mol. The molecule has 0 saturated carbocycles. The summed E-state index contributed by atoms with van der Waals surface area (Å²) in [6.45, 7) is -5.36. The minimum atomic E-state index is -5.36. The van der Waals surface area contributed by atoms with Gasteiger partial charge in [0.1, 0.15) is 11.6 Å². The van der Waals surface area contributed by atoms with E-state index in [-0.39, 0.29) is 12.1 Å². The van der Waals surface area contributed by atoms with Gasteiger partial charge in [-0.15, -0.1) is 5.46 Å². The maximum Gasteiger partial charge on any atom is 0.509 e. The summed E-state index contributed by atoms with van der Waals surface area (Å²) in [6.07, 6.45) is 0. The molecule has 7 heteroatoms. The van der Waals surface area contributed by atoms with Gasteiger partial charge < -0.3 is 12.9 Å². The van der Waals surface area contributed by atoms with Crippen LogP contribution >= 0.6 is 15.9 Å². The Morgan fingerprint density at radius 2 is 1.38 bits per heavy atom. The highest BCUT2D eigenvalue weighted by Gasteiger charge is 2.27. The Kier molecular flexibility index (Phi) is 2.65. The lowest BCUT2D eigenvalue weighted by atomic mass is 9.80. The lowest BCUT2D eigenvalue weighted by Gasteiger charge is -2.15. The van der Waals surface area contributed by atoms with E-state index in [4.69, 9.17) is 0 Å². The Morgan fingerprint density at radius 3 is 1.69 bits per heavy atom. The first-order chi connectivity index (χ1) is 5.82. The zero-order valence-electron chi connectivity index (χ0n) is 6.00. The van der Waals surface area contributed by atoms with Gasteiger partial charge in [0.25, 0.3) is 0 Å². The second-order valence-electron chi connectivity index (χ2n) is 2.37. The van der Waals surface area contributed by atoms with E-state index in [0.717, 1.165) is 0 Å². The number of halogens is 6. The van der Waals surface area contributed by atoms with Crippen molar-refractivity contribution < 1.29 is 21.7 Å². The van der Waals surface area contributed by atoms with E-state index in [1.54, 1.807) is 0 Å². The van der Waals surface area contributed by atoms with E-state index in [2.05, 4.69) is 15.9 Å². The van der Waals surface area contributed by atoms with Gasteiger partial charge in [-0.05, 0) is 15.9 Å². The van der Waals surface area contributed by atoms with Crippen LogP contribution in [0, 0.1) is 11.6 Å². The zero-order chi connectivity index (χ0) is 10.2. The molecule has 0 heterocycles. The molecule has 0 nitrogen and oxygen atoms in total. The highest BCUT2D eigenvalue weighted by Crippen LogP contribution is 2.20. The molecule has 13 heavy (non-hydrogen) atoms. The Bertz CT molecular complexity index is 311. The van der Waals surface area contributed by atoms with Crippen LogP contribution in [-0.4, -0.2) is 6.98 Å². The highest BCUT2D eigenvalue weighted by molar-refractivity contribution is 9.10. The molecule has 0 aliphatic carbocycles. The van der Waals surface area contributed by atoms with Gasteiger partial charge in [-0.2, -0.15) is 0 Å². The lowest BCUT2D eigenvalue weighted by molar-refractivity contribution is 0.497. The summed E-state index contributed by atoms with van der Waals surface area (Å²) in [5.74, 6) is -2.51. The van der Waals surface area contributed by atoms with Gasteiger partial charge in [-0.1, -0.05) is 12.1 Å². The predicted octanol–water partition coefficient (Wildman–Crippen LogP) is 2.78. The van der Waals surface area contributed by atoms with Crippen molar-refractivity contribution >= 4 is 28.4 Å². The van der Waals surface area contributed by atoms with Crippen molar-refractivity contribution in [3.05, 3.63) is 28.2 Å². The Morgan fingerprint density at radius 1 is 1.00 bits per heavy atom. The van der Waals surface area contributed by atoms with Crippen molar-refractivity contribution in [2.45, 2.75) is 0 Å². The van der Waals surface area contributed by atoms with Gasteiger partial charge in [0.05, 0.1) is 4.47 Å². The summed E-state index contributed by atoms with van der Waals surface area (Å²) >= 11 is 2.47. The van der Waals surface area contributed by atoms with Gasteiger partial charge in [0.15, 0.2) is 0 Å². The van der Waals surface area contributed by atoms with Crippen molar-refractivity contribution in [3.8, 4) is 0 Å². The first kappa shape index (κ1) is 10.5. The molecule has 1 rings (SSSR count). The molecule has 0 aliphatic rings. The molecule has 0 saturated heterocycles. The van der Waals surface area contributed by atoms with Gasteiger partial charge >= 0.3 is 6.98 Å². The van der Waals surface area contributed by atoms with E-state index < -0.39 is 28.5 Å². The van der Waals surface area contributed by atoms with Crippen molar-refractivity contribution in [3.63, 3.8) is 0 Å². The summed E-state index contributed by atoms with van der Waals surface area (Å²) in [5.41, 5.74) is -1.28. The first-order valence-electron chi connectivity index (χ1n) is 3.16. The SMILES string of the molecule is Fc1cc([B-](F)(F)F)cc(F)c1Br. The third-order valence-corrected chi connectivity index (χ3v) is 2.14. The largest absolute Gasteiger partial charge is 0.509 e. The molecule has 0 amide bonds.